The summed E-state index contributed by atoms with van der Waals surface area (Å²) in [7, 11) is 0. The molecule has 0 radical (unpaired) electrons. The molecule has 1 unspecified atom stereocenters. The molecule has 3 aromatic carbocycles. The Morgan fingerprint density at radius 3 is 2.55 bits per heavy atom. The number of hydrogen-bond donors (Lipinski definition) is 1. The van der Waals surface area contributed by atoms with Crippen molar-refractivity contribution in [2.45, 2.75) is 12.5 Å². The first kappa shape index (κ1) is 21.3. The van der Waals surface area contributed by atoms with Gasteiger partial charge >= 0.3 is 0 Å². The molecule has 0 aromatic heterocycles. The molecule has 0 saturated heterocycles. The molecule has 1 N–H and O–H groups in total. The molecule has 150 valence electrons. The molecule has 0 saturated carbocycles. The lowest BCUT2D eigenvalue weighted by Crippen LogP contribution is -2.20. The summed E-state index contributed by atoms with van der Waals surface area (Å²) in [5.41, 5.74) is 1.23. The quantitative estimate of drug-likeness (QED) is 0.455. The number of ether oxygens (including phenoxy) is 2. The van der Waals surface area contributed by atoms with E-state index >= 15 is 0 Å². The lowest BCUT2D eigenvalue weighted by Gasteiger charge is -2.13. The number of fused-ring (bicyclic) bond motifs is 1. The maximum Gasteiger partial charge on any atom is 0.174 e. The van der Waals surface area contributed by atoms with Gasteiger partial charge in [-0.15, -0.1) is 0 Å². The van der Waals surface area contributed by atoms with Crippen LogP contribution in [0, 0.1) is 11.3 Å². The molecule has 0 bridgehead atoms. The summed E-state index contributed by atoms with van der Waals surface area (Å²) in [5.74, 6) is 2.92. The van der Waals surface area contributed by atoms with Gasteiger partial charge in [0.25, 0.3) is 0 Å². The van der Waals surface area contributed by atoms with Crippen molar-refractivity contribution in [1.82, 2.24) is 0 Å². The normalized spacial score (nSPS) is 11.8. The molecule has 0 aliphatic heterocycles. The molecule has 3 rings (SSSR count). The van der Waals surface area contributed by atoms with E-state index in [9.17, 15) is 5.11 Å². The van der Waals surface area contributed by atoms with E-state index in [0.717, 1.165) is 28.7 Å². The van der Waals surface area contributed by atoms with E-state index in [4.69, 9.17) is 26.3 Å². The molecule has 0 heterocycles. The molecule has 0 aliphatic carbocycles. The summed E-state index contributed by atoms with van der Waals surface area (Å²) in [6.45, 7) is 0.289. The number of rotatable bonds is 10. The summed E-state index contributed by atoms with van der Waals surface area (Å²) in [4.78, 5) is 0. The standard InChI is InChI=1S/C23H22ClNO3S/c24-18-7-9-20(10-8-18)28-15-19(26)16-29-14-11-17-3-1-5-22-21(17)4-2-6-23(22)27-13-12-25/h1-10,19,26H,11,13-16H2. The number of thioether (sulfide) groups is 1. The topological polar surface area (TPSA) is 62.5 Å². The van der Waals surface area contributed by atoms with Crippen LogP contribution in [0.4, 0.5) is 0 Å². The van der Waals surface area contributed by atoms with Crippen LogP contribution < -0.4 is 9.47 Å². The van der Waals surface area contributed by atoms with Gasteiger partial charge in [0.2, 0.25) is 0 Å². The second-order valence-electron chi connectivity index (χ2n) is 6.46. The maximum absolute atomic E-state index is 10.1. The summed E-state index contributed by atoms with van der Waals surface area (Å²) in [5, 5.41) is 21.7. The highest BCUT2D eigenvalue weighted by molar-refractivity contribution is 7.99. The van der Waals surface area contributed by atoms with Gasteiger partial charge < -0.3 is 14.6 Å². The van der Waals surface area contributed by atoms with Crippen molar-refractivity contribution in [2.24, 2.45) is 0 Å². The molecular formula is C23H22ClNO3S. The molecular weight excluding hydrogens is 406 g/mol. The van der Waals surface area contributed by atoms with E-state index in [-0.39, 0.29) is 13.2 Å². The van der Waals surface area contributed by atoms with Crippen LogP contribution >= 0.6 is 23.4 Å². The van der Waals surface area contributed by atoms with E-state index in [1.165, 1.54) is 5.56 Å². The molecule has 0 fully saturated rings. The predicted molar refractivity (Wildman–Crippen MR) is 119 cm³/mol. The van der Waals surface area contributed by atoms with Crippen LogP contribution in [-0.4, -0.2) is 35.9 Å². The van der Waals surface area contributed by atoms with Gasteiger partial charge in [-0.1, -0.05) is 41.9 Å². The van der Waals surface area contributed by atoms with Crippen molar-refractivity contribution >= 4 is 34.1 Å². The van der Waals surface area contributed by atoms with Crippen molar-refractivity contribution in [3.63, 3.8) is 0 Å². The Kier molecular flexibility index (Phi) is 8.06. The Morgan fingerprint density at radius 2 is 1.76 bits per heavy atom. The van der Waals surface area contributed by atoms with E-state index in [1.54, 1.807) is 36.0 Å². The van der Waals surface area contributed by atoms with Crippen molar-refractivity contribution in [3.8, 4) is 17.6 Å². The third kappa shape index (κ3) is 6.30. The van der Waals surface area contributed by atoms with Gasteiger partial charge in [-0.25, -0.2) is 0 Å². The Labute approximate surface area is 180 Å². The van der Waals surface area contributed by atoms with Gasteiger partial charge in [-0.05, 0) is 53.5 Å². The van der Waals surface area contributed by atoms with Crippen molar-refractivity contribution in [1.29, 1.82) is 5.26 Å². The Hall–Kier alpha value is -2.39. The Bertz CT molecular complexity index is 972. The predicted octanol–water partition coefficient (Wildman–Crippen LogP) is 5.11. The third-order valence-corrected chi connectivity index (χ3v) is 5.71. The van der Waals surface area contributed by atoms with Gasteiger partial charge in [0.15, 0.2) is 6.61 Å². The minimum Gasteiger partial charge on any atom is -0.491 e. The number of nitriles is 1. The lowest BCUT2D eigenvalue weighted by molar-refractivity contribution is 0.126. The number of benzene rings is 3. The van der Waals surface area contributed by atoms with Gasteiger partial charge in [0.05, 0.1) is 6.10 Å². The fraction of sp³-hybridized carbons (Fsp3) is 0.261. The Morgan fingerprint density at radius 1 is 1.00 bits per heavy atom. The number of nitrogens with zero attached hydrogens (tertiary/aromatic N) is 1. The third-order valence-electron chi connectivity index (χ3n) is 4.35. The zero-order valence-corrected chi connectivity index (χ0v) is 17.5. The minimum absolute atomic E-state index is 0.0369. The average Bonchev–Trinajstić information content (AvgIpc) is 2.75. The second kappa shape index (κ2) is 11.0. The van der Waals surface area contributed by atoms with Crippen LogP contribution in [0.1, 0.15) is 5.56 Å². The lowest BCUT2D eigenvalue weighted by atomic mass is 10.0. The largest absolute Gasteiger partial charge is 0.491 e. The van der Waals surface area contributed by atoms with Crippen LogP contribution in [0.2, 0.25) is 5.02 Å². The molecule has 1 atom stereocenters. The number of hydrogen-bond acceptors (Lipinski definition) is 5. The number of halogens is 1. The zero-order chi connectivity index (χ0) is 20.5. The molecule has 0 spiro atoms. The van der Waals surface area contributed by atoms with Gasteiger partial charge in [0, 0.05) is 16.2 Å². The van der Waals surface area contributed by atoms with Crippen LogP contribution in [0.5, 0.6) is 11.5 Å². The van der Waals surface area contributed by atoms with Crippen molar-refractivity contribution in [2.75, 3.05) is 24.7 Å². The second-order valence-corrected chi connectivity index (χ2v) is 8.05. The van der Waals surface area contributed by atoms with Crippen molar-refractivity contribution in [3.05, 3.63) is 71.2 Å². The van der Waals surface area contributed by atoms with E-state index in [2.05, 4.69) is 12.1 Å². The summed E-state index contributed by atoms with van der Waals surface area (Å²) >= 11 is 7.54. The first-order valence-corrected chi connectivity index (χ1v) is 10.8. The van der Waals surface area contributed by atoms with E-state index < -0.39 is 6.10 Å². The van der Waals surface area contributed by atoms with Crippen LogP contribution in [0.25, 0.3) is 10.8 Å². The highest BCUT2D eigenvalue weighted by Crippen LogP contribution is 2.28. The molecule has 4 nitrogen and oxygen atoms in total. The van der Waals surface area contributed by atoms with Crippen LogP contribution in [0.3, 0.4) is 0 Å². The molecule has 0 aliphatic rings. The molecule has 0 amide bonds. The van der Waals surface area contributed by atoms with E-state index in [1.807, 2.05) is 30.3 Å². The van der Waals surface area contributed by atoms with Gasteiger partial charge in [-0.2, -0.15) is 17.0 Å². The highest BCUT2D eigenvalue weighted by Gasteiger charge is 2.08. The zero-order valence-electron chi connectivity index (χ0n) is 15.9. The Balaban J connectivity index is 1.48. The summed E-state index contributed by atoms with van der Waals surface area (Å²) in [6.07, 6.45) is 0.350. The minimum atomic E-state index is -0.533. The molecule has 29 heavy (non-hydrogen) atoms. The molecule has 3 aromatic rings. The van der Waals surface area contributed by atoms with Crippen LogP contribution in [-0.2, 0) is 6.42 Å². The van der Waals surface area contributed by atoms with Gasteiger partial charge in [-0.3, -0.25) is 0 Å². The highest BCUT2D eigenvalue weighted by atomic mass is 35.5. The fourth-order valence-electron chi connectivity index (χ4n) is 2.97. The van der Waals surface area contributed by atoms with Crippen molar-refractivity contribution < 1.29 is 14.6 Å². The first-order valence-electron chi connectivity index (χ1n) is 9.32. The van der Waals surface area contributed by atoms with Crippen LogP contribution in [0.15, 0.2) is 60.7 Å². The van der Waals surface area contributed by atoms with Gasteiger partial charge in [0.1, 0.15) is 24.2 Å². The summed E-state index contributed by atoms with van der Waals surface area (Å²) < 4.78 is 11.1. The SMILES string of the molecule is N#CCOc1cccc2c(CCSCC(O)COc3ccc(Cl)cc3)cccc12. The average molecular weight is 428 g/mol. The first-order chi connectivity index (χ1) is 14.2. The monoisotopic (exact) mass is 427 g/mol. The number of aliphatic hydroxyl groups excluding tert-OH is 1. The molecule has 6 heteroatoms. The van der Waals surface area contributed by atoms with E-state index in [0.29, 0.717) is 16.5 Å². The number of aliphatic hydroxyl groups is 1. The maximum atomic E-state index is 10.1. The number of aryl methyl sites for hydroxylation is 1. The smallest absolute Gasteiger partial charge is 0.174 e. The fourth-order valence-corrected chi connectivity index (χ4v) is 4.00. The summed E-state index contributed by atoms with van der Waals surface area (Å²) in [6, 6.07) is 21.1.